The summed E-state index contributed by atoms with van der Waals surface area (Å²) in [5.41, 5.74) is 0.890. The summed E-state index contributed by atoms with van der Waals surface area (Å²) in [5, 5.41) is 0.561. The van der Waals surface area contributed by atoms with Gasteiger partial charge in [0.05, 0.1) is 0 Å². The van der Waals surface area contributed by atoms with Crippen molar-refractivity contribution in [1.82, 2.24) is 4.98 Å². The summed E-state index contributed by atoms with van der Waals surface area (Å²) in [7, 11) is 0. The first kappa shape index (κ1) is 12.0. The zero-order valence-corrected chi connectivity index (χ0v) is 11.1. The number of hydrogen-bond donors (Lipinski definition) is 0. The van der Waals surface area contributed by atoms with Gasteiger partial charge in [0.15, 0.2) is 5.76 Å². The van der Waals surface area contributed by atoms with Crippen molar-refractivity contribution in [3.8, 4) is 0 Å². The fraction of sp³-hybridized carbons (Fsp3) is 0. The molecule has 0 N–H and O–H groups in total. The smallest absolute Gasteiger partial charge is 0.229 e. The van der Waals surface area contributed by atoms with Crippen LogP contribution in [0.3, 0.4) is 0 Å². The second kappa shape index (κ2) is 4.59. The highest BCUT2D eigenvalue weighted by molar-refractivity contribution is 9.10. The molecule has 0 radical (unpaired) electrons. The maximum absolute atomic E-state index is 13.1. The second-order valence-corrected chi connectivity index (χ2v) is 4.93. The number of hydrogen-bond acceptors (Lipinski definition) is 3. The molecule has 19 heavy (non-hydrogen) atoms. The highest BCUT2D eigenvalue weighted by Gasteiger charge is 2.15. The maximum atomic E-state index is 13.1. The SMILES string of the molecule is O=C(c1cncc(Br)c1)c1cc2cc(F)ccc2o1. The van der Waals surface area contributed by atoms with E-state index in [0.29, 0.717) is 21.0 Å². The van der Waals surface area contributed by atoms with Gasteiger partial charge in [-0.05, 0) is 46.3 Å². The normalized spacial score (nSPS) is 10.8. The van der Waals surface area contributed by atoms with E-state index in [1.807, 2.05) is 0 Å². The van der Waals surface area contributed by atoms with Crippen LogP contribution in [0.5, 0.6) is 0 Å². The van der Waals surface area contributed by atoms with Crippen LogP contribution >= 0.6 is 15.9 Å². The van der Waals surface area contributed by atoms with E-state index < -0.39 is 0 Å². The van der Waals surface area contributed by atoms with Gasteiger partial charge in [0.2, 0.25) is 5.78 Å². The number of benzene rings is 1. The van der Waals surface area contributed by atoms with Gasteiger partial charge in [-0.25, -0.2) is 4.39 Å². The molecule has 3 aromatic rings. The van der Waals surface area contributed by atoms with Crippen LogP contribution in [0.2, 0.25) is 0 Å². The van der Waals surface area contributed by atoms with Crippen molar-refractivity contribution in [1.29, 1.82) is 0 Å². The molecule has 0 unspecified atom stereocenters. The summed E-state index contributed by atoms with van der Waals surface area (Å²) in [6.45, 7) is 0. The zero-order chi connectivity index (χ0) is 13.4. The Morgan fingerprint density at radius 1 is 1.21 bits per heavy atom. The standard InChI is InChI=1S/C14H7BrFNO2/c15-10-3-9(6-17-7-10)14(18)13-5-8-4-11(16)1-2-12(8)19-13/h1-7H. The van der Waals surface area contributed by atoms with E-state index in [2.05, 4.69) is 20.9 Å². The lowest BCUT2D eigenvalue weighted by molar-refractivity contribution is 0.101. The van der Waals surface area contributed by atoms with Crippen LogP contribution in [0.15, 0.2) is 51.6 Å². The summed E-state index contributed by atoms with van der Waals surface area (Å²) >= 11 is 3.25. The van der Waals surface area contributed by atoms with E-state index in [1.165, 1.54) is 30.5 Å². The Bertz CT molecular complexity index is 782. The molecule has 5 heteroatoms. The number of halogens is 2. The summed E-state index contributed by atoms with van der Waals surface area (Å²) in [6.07, 6.45) is 3.05. The number of ketones is 1. The zero-order valence-electron chi connectivity index (χ0n) is 9.56. The molecule has 0 fully saturated rings. The van der Waals surface area contributed by atoms with Gasteiger partial charge in [-0.1, -0.05) is 0 Å². The van der Waals surface area contributed by atoms with E-state index in [0.717, 1.165) is 0 Å². The van der Waals surface area contributed by atoms with Gasteiger partial charge < -0.3 is 4.42 Å². The van der Waals surface area contributed by atoms with E-state index in [-0.39, 0.29) is 17.4 Å². The lowest BCUT2D eigenvalue weighted by atomic mass is 10.1. The lowest BCUT2D eigenvalue weighted by Crippen LogP contribution is -1.99. The van der Waals surface area contributed by atoms with E-state index in [4.69, 9.17) is 4.42 Å². The summed E-state index contributed by atoms with van der Waals surface area (Å²) in [6, 6.07) is 7.31. The Labute approximate surface area is 116 Å². The van der Waals surface area contributed by atoms with Crippen molar-refractivity contribution >= 4 is 32.7 Å². The van der Waals surface area contributed by atoms with Crippen molar-refractivity contribution in [2.45, 2.75) is 0 Å². The third kappa shape index (κ3) is 2.29. The fourth-order valence-electron chi connectivity index (χ4n) is 1.80. The molecule has 0 aliphatic carbocycles. The molecule has 0 amide bonds. The van der Waals surface area contributed by atoms with Crippen LogP contribution in [0.25, 0.3) is 11.0 Å². The van der Waals surface area contributed by atoms with Crippen molar-refractivity contribution in [3.63, 3.8) is 0 Å². The minimum absolute atomic E-state index is 0.167. The van der Waals surface area contributed by atoms with Crippen LogP contribution in [0.1, 0.15) is 16.1 Å². The predicted octanol–water partition coefficient (Wildman–Crippen LogP) is 3.96. The minimum Gasteiger partial charge on any atom is -0.453 e. The molecule has 0 bridgehead atoms. The Morgan fingerprint density at radius 2 is 2.05 bits per heavy atom. The first-order chi connectivity index (χ1) is 9.13. The van der Waals surface area contributed by atoms with Gasteiger partial charge in [-0.2, -0.15) is 0 Å². The van der Waals surface area contributed by atoms with Gasteiger partial charge in [0.1, 0.15) is 11.4 Å². The maximum Gasteiger partial charge on any atom is 0.229 e. The molecule has 3 nitrogen and oxygen atoms in total. The molecule has 2 aromatic heterocycles. The Kier molecular flexibility index (Phi) is 2.91. The molecule has 0 spiro atoms. The third-order valence-electron chi connectivity index (χ3n) is 2.67. The lowest BCUT2D eigenvalue weighted by Gasteiger charge is -1.97. The second-order valence-electron chi connectivity index (χ2n) is 4.01. The number of rotatable bonds is 2. The molecule has 0 aliphatic rings. The van der Waals surface area contributed by atoms with Crippen LogP contribution in [-0.2, 0) is 0 Å². The Morgan fingerprint density at radius 3 is 2.84 bits per heavy atom. The first-order valence-electron chi connectivity index (χ1n) is 5.48. The van der Waals surface area contributed by atoms with E-state index in [1.54, 1.807) is 12.3 Å². The van der Waals surface area contributed by atoms with Crippen molar-refractivity contribution in [2.24, 2.45) is 0 Å². The highest BCUT2D eigenvalue weighted by Crippen LogP contribution is 2.23. The molecule has 0 saturated heterocycles. The number of fused-ring (bicyclic) bond motifs is 1. The molecule has 3 rings (SSSR count). The fourth-order valence-corrected chi connectivity index (χ4v) is 2.17. The Hall–Kier alpha value is -2.01. The van der Waals surface area contributed by atoms with Crippen molar-refractivity contribution in [2.75, 3.05) is 0 Å². The molecule has 0 atom stereocenters. The molecule has 0 saturated carbocycles. The number of carbonyl (C=O) groups is 1. The molecular weight excluding hydrogens is 313 g/mol. The average Bonchev–Trinajstić information content (AvgIpc) is 2.80. The summed E-state index contributed by atoms with van der Waals surface area (Å²) in [5.74, 6) is -0.484. The van der Waals surface area contributed by atoms with Gasteiger partial charge in [-0.3, -0.25) is 9.78 Å². The first-order valence-corrected chi connectivity index (χ1v) is 6.27. The summed E-state index contributed by atoms with van der Waals surface area (Å²) < 4.78 is 19.2. The Balaban J connectivity index is 2.06. The van der Waals surface area contributed by atoms with Crippen LogP contribution in [0, 0.1) is 5.82 Å². The number of furan rings is 1. The van der Waals surface area contributed by atoms with Crippen LogP contribution in [0.4, 0.5) is 4.39 Å². The van der Waals surface area contributed by atoms with Gasteiger partial charge in [0, 0.05) is 27.8 Å². The molecule has 2 heterocycles. The van der Waals surface area contributed by atoms with E-state index in [9.17, 15) is 9.18 Å². The van der Waals surface area contributed by atoms with Crippen molar-refractivity contribution in [3.05, 3.63) is 64.3 Å². The molecular formula is C14H7BrFNO2. The van der Waals surface area contributed by atoms with Gasteiger partial charge in [-0.15, -0.1) is 0 Å². The number of aromatic nitrogens is 1. The average molecular weight is 320 g/mol. The molecule has 0 aliphatic heterocycles. The topological polar surface area (TPSA) is 43.1 Å². The minimum atomic E-state index is -0.364. The van der Waals surface area contributed by atoms with Gasteiger partial charge in [0.25, 0.3) is 0 Å². The summed E-state index contributed by atoms with van der Waals surface area (Å²) in [4.78, 5) is 16.1. The number of carbonyl (C=O) groups excluding carboxylic acids is 1. The van der Waals surface area contributed by atoms with Crippen molar-refractivity contribution < 1.29 is 13.6 Å². The van der Waals surface area contributed by atoms with Crippen LogP contribution < -0.4 is 0 Å². The number of nitrogens with zero attached hydrogens (tertiary/aromatic N) is 1. The number of pyridine rings is 1. The van der Waals surface area contributed by atoms with Crippen LogP contribution in [-0.4, -0.2) is 10.8 Å². The third-order valence-corrected chi connectivity index (χ3v) is 3.10. The quantitative estimate of drug-likeness (QED) is 0.671. The highest BCUT2D eigenvalue weighted by atomic mass is 79.9. The molecule has 94 valence electrons. The van der Waals surface area contributed by atoms with Gasteiger partial charge >= 0.3 is 0 Å². The predicted molar refractivity (Wildman–Crippen MR) is 71.5 cm³/mol. The van der Waals surface area contributed by atoms with E-state index >= 15 is 0 Å². The largest absolute Gasteiger partial charge is 0.453 e. The molecule has 1 aromatic carbocycles. The monoisotopic (exact) mass is 319 g/mol.